The summed E-state index contributed by atoms with van der Waals surface area (Å²) in [6.07, 6.45) is 2.78. The maximum Gasteiger partial charge on any atom is 0.170 e. The van der Waals surface area contributed by atoms with E-state index >= 15 is 0 Å². The van der Waals surface area contributed by atoms with Gasteiger partial charge in [0.1, 0.15) is 11.6 Å². The number of para-hydroxylation sites is 1. The third-order valence-corrected chi connectivity index (χ3v) is 4.26. The second-order valence-electron chi connectivity index (χ2n) is 5.56. The summed E-state index contributed by atoms with van der Waals surface area (Å²) in [6.45, 7) is 3.52. The van der Waals surface area contributed by atoms with Gasteiger partial charge in [0.05, 0.1) is 12.3 Å². The molecule has 0 atom stereocenters. The van der Waals surface area contributed by atoms with Crippen molar-refractivity contribution in [3.8, 4) is 5.75 Å². The fraction of sp³-hybridized carbons (Fsp3) is 0.316. The van der Waals surface area contributed by atoms with Crippen molar-refractivity contribution < 1.29 is 9.13 Å². The SMILES string of the molecule is CCCOc1ccccc1CCCNC(=S)Nc1ccc(Br)cc1F. The fourth-order valence-corrected chi connectivity index (χ4v) is 2.85. The lowest BCUT2D eigenvalue weighted by Crippen LogP contribution is -2.29. The van der Waals surface area contributed by atoms with Crippen molar-refractivity contribution in [1.29, 1.82) is 0 Å². The zero-order valence-electron chi connectivity index (χ0n) is 14.1. The minimum Gasteiger partial charge on any atom is -0.493 e. The Kier molecular flexibility index (Phi) is 8.15. The van der Waals surface area contributed by atoms with Gasteiger partial charge in [0.15, 0.2) is 5.11 Å². The standard InChI is InChI=1S/C19H22BrFN2OS/c1-2-12-24-18-8-4-3-6-14(18)7-5-11-22-19(25)23-17-10-9-15(20)13-16(17)21/h3-4,6,8-10,13H,2,5,7,11-12H2,1H3,(H2,22,23,25). The van der Waals surface area contributed by atoms with E-state index < -0.39 is 0 Å². The Hall–Kier alpha value is -1.66. The van der Waals surface area contributed by atoms with Gasteiger partial charge in [-0.3, -0.25) is 0 Å². The molecule has 0 unspecified atom stereocenters. The average molecular weight is 425 g/mol. The number of rotatable bonds is 8. The maximum absolute atomic E-state index is 13.8. The number of benzene rings is 2. The summed E-state index contributed by atoms with van der Waals surface area (Å²) < 4.78 is 20.2. The average Bonchev–Trinajstić information content (AvgIpc) is 2.60. The molecule has 134 valence electrons. The van der Waals surface area contributed by atoms with Gasteiger partial charge < -0.3 is 15.4 Å². The Morgan fingerprint density at radius 3 is 2.80 bits per heavy atom. The molecule has 0 radical (unpaired) electrons. The summed E-state index contributed by atoms with van der Waals surface area (Å²) in [4.78, 5) is 0. The minimum atomic E-state index is -0.347. The Morgan fingerprint density at radius 1 is 1.24 bits per heavy atom. The van der Waals surface area contributed by atoms with Gasteiger partial charge >= 0.3 is 0 Å². The van der Waals surface area contributed by atoms with E-state index in [9.17, 15) is 4.39 Å². The van der Waals surface area contributed by atoms with Gasteiger partial charge in [-0.2, -0.15) is 0 Å². The number of aryl methyl sites for hydroxylation is 1. The van der Waals surface area contributed by atoms with Crippen LogP contribution in [0.3, 0.4) is 0 Å². The van der Waals surface area contributed by atoms with Crippen LogP contribution < -0.4 is 15.4 Å². The lowest BCUT2D eigenvalue weighted by atomic mass is 10.1. The van der Waals surface area contributed by atoms with Crippen molar-refractivity contribution in [2.75, 3.05) is 18.5 Å². The minimum absolute atomic E-state index is 0.347. The van der Waals surface area contributed by atoms with E-state index in [1.165, 1.54) is 11.6 Å². The number of halogens is 2. The molecule has 0 aliphatic heterocycles. The predicted octanol–water partition coefficient (Wildman–Crippen LogP) is 5.30. The zero-order chi connectivity index (χ0) is 18.1. The third kappa shape index (κ3) is 6.63. The highest BCUT2D eigenvalue weighted by Crippen LogP contribution is 2.20. The molecule has 0 fully saturated rings. The zero-order valence-corrected chi connectivity index (χ0v) is 16.6. The quantitative estimate of drug-likeness (QED) is 0.445. The van der Waals surface area contributed by atoms with Crippen LogP contribution in [0.1, 0.15) is 25.3 Å². The highest BCUT2D eigenvalue weighted by atomic mass is 79.9. The molecule has 2 N–H and O–H groups in total. The van der Waals surface area contributed by atoms with Gasteiger partial charge in [0.25, 0.3) is 0 Å². The van der Waals surface area contributed by atoms with Gasteiger partial charge in [0.2, 0.25) is 0 Å². The molecule has 6 heteroatoms. The van der Waals surface area contributed by atoms with Gasteiger partial charge in [0, 0.05) is 11.0 Å². The van der Waals surface area contributed by atoms with Gasteiger partial charge in [-0.25, -0.2) is 4.39 Å². The van der Waals surface area contributed by atoms with E-state index in [1.54, 1.807) is 12.1 Å². The second kappa shape index (κ2) is 10.4. The first-order valence-corrected chi connectivity index (χ1v) is 9.51. The molecule has 2 aromatic carbocycles. The molecule has 0 heterocycles. The van der Waals surface area contributed by atoms with Gasteiger partial charge in [-0.1, -0.05) is 41.1 Å². The van der Waals surface area contributed by atoms with Crippen LogP contribution in [0, 0.1) is 5.82 Å². The molecule has 0 bridgehead atoms. The monoisotopic (exact) mass is 424 g/mol. The molecule has 0 aliphatic rings. The Labute approximate surface area is 162 Å². The number of hydrogen-bond donors (Lipinski definition) is 2. The van der Waals surface area contributed by atoms with Crippen molar-refractivity contribution in [1.82, 2.24) is 5.32 Å². The van der Waals surface area contributed by atoms with E-state index in [0.717, 1.165) is 31.6 Å². The van der Waals surface area contributed by atoms with Crippen molar-refractivity contribution in [3.05, 3.63) is 58.3 Å². The summed E-state index contributed by atoms with van der Waals surface area (Å²) in [6, 6.07) is 12.9. The first kappa shape index (κ1) is 19.7. The van der Waals surface area contributed by atoms with Crippen LogP contribution in [0.5, 0.6) is 5.75 Å². The predicted molar refractivity (Wildman–Crippen MR) is 109 cm³/mol. The molecule has 0 saturated heterocycles. The molecule has 0 spiro atoms. The number of anilines is 1. The Balaban J connectivity index is 1.76. The van der Waals surface area contributed by atoms with Crippen LogP contribution in [0.2, 0.25) is 0 Å². The molecular weight excluding hydrogens is 403 g/mol. The number of nitrogens with one attached hydrogen (secondary N) is 2. The van der Waals surface area contributed by atoms with Crippen molar-refractivity contribution in [2.45, 2.75) is 26.2 Å². The second-order valence-corrected chi connectivity index (χ2v) is 6.89. The number of thiocarbonyl (C=S) groups is 1. The molecule has 2 rings (SSSR count). The molecule has 25 heavy (non-hydrogen) atoms. The topological polar surface area (TPSA) is 33.3 Å². The van der Waals surface area contributed by atoms with Crippen LogP contribution in [0.15, 0.2) is 46.9 Å². The van der Waals surface area contributed by atoms with Crippen LogP contribution in [-0.4, -0.2) is 18.3 Å². The van der Waals surface area contributed by atoms with Crippen LogP contribution >= 0.6 is 28.1 Å². The third-order valence-electron chi connectivity index (χ3n) is 3.52. The van der Waals surface area contributed by atoms with E-state index in [2.05, 4.69) is 39.6 Å². The summed E-state index contributed by atoms with van der Waals surface area (Å²) in [5.41, 5.74) is 1.55. The van der Waals surface area contributed by atoms with Gasteiger partial charge in [-0.05, 0) is 61.3 Å². The van der Waals surface area contributed by atoms with Crippen molar-refractivity contribution in [3.63, 3.8) is 0 Å². The molecule has 0 amide bonds. The fourth-order valence-electron chi connectivity index (χ4n) is 2.30. The summed E-state index contributed by atoms with van der Waals surface area (Å²) in [5.74, 6) is 0.600. The Bertz CT molecular complexity index is 712. The van der Waals surface area contributed by atoms with Crippen LogP contribution in [-0.2, 0) is 6.42 Å². The lowest BCUT2D eigenvalue weighted by molar-refractivity contribution is 0.314. The van der Waals surface area contributed by atoms with Crippen molar-refractivity contribution in [2.24, 2.45) is 0 Å². The largest absolute Gasteiger partial charge is 0.493 e. The Morgan fingerprint density at radius 2 is 2.04 bits per heavy atom. The van der Waals surface area contributed by atoms with Gasteiger partial charge in [-0.15, -0.1) is 0 Å². The number of hydrogen-bond acceptors (Lipinski definition) is 2. The smallest absolute Gasteiger partial charge is 0.170 e. The van der Waals surface area contributed by atoms with E-state index in [1.807, 2.05) is 18.2 Å². The molecule has 3 nitrogen and oxygen atoms in total. The highest BCUT2D eigenvalue weighted by Gasteiger charge is 2.05. The van der Waals surface area contributed by atoms with E-state index in [-0.39, 0.29) is 5.82 Å². The molecular formula is C19H22BrFN2OS. The maximum atomic E-state index is 13.8. The van der Waals surface area contributed by atoms with Crippen LogP contribution in [0.25, 0.3) is 0 Å². The van der Waals surface area contributed by atoms with Crippen LogP contribution in [0.4, 0.5) is 10.1 Å². The number of ether oxygens (including phenoxy) is 1. The summed E-state index contributed by atoms with van der Waals surface area (Å²) in [5, 5.41) is 6.40. The lowest BCUT2D eigenvalue weighted by Gasteiger charge is -2.13. The van der Waals surface area contributed by atoms with E-state index in [4.69, 9.17) is 17.0 Å². The molecule has 0 aliphatic carbocycles. The molecule has 0 saturated carbocycles. The first-order valence-electron chi connectivity index (χ1n) is 8.30. The highest BCUT2D eigenvalue weighted by molar-refractivity contribution is 9.10. The van der Waals surface area contributed by atoms with Crippen molar-refractivity contribution >= 4 is 38.9 Å². The molecule has 0 aromatic heterocycles. The summed E-state index contributed by atoms with van der Waals surface area (Å²) in [7, 11) is 0. The summed E-state index contributed by atoms with van der Waals surface area (Å²) >= 11 is 8.45. The normalized spacial score (nSPS) is 10.4. The first-order chi connectivity index (χ1) is 12.1. The van der Waals surface area contributed by atoms with E-state index in [0.29, 0.717) is 21.8 Å². The molecule has 2 aromatic rings.